The van der Waals surface area contributed by atoms with Gasteiger partial charge in [-0.15, -0.1) is 6.58 Å². The van der Waals surface area contributed by atoms with E-state index in [0.717, 1.165) is 23.4 Å². The van der Waals surface area contributed by atoms with Crippen molar-refractivity contribution in [1.82, 2.24) is 9.47 Å². The zero-order valence-electron chi connectivity index (χ0n) is 16.6. The lowest BCUT2D eigenvalue weighted by atomic mass is 10.2. The van der Waals surface area contributed by atoms with Gasteiger partial charge in [0.15, 0.2) is 0 Å². The number of carbonyl (C=O) groups excluding carboxylic acids is 1. The zero-order chi connectivity index (χ0) is 22.4. The number of halogens is 4. The van der Waals surface area contributed by atoms with Crippen LogP contribution in [0.25, 0.3) is 0 Å². The predicted octanol–water partition coefficient (Wildman–Crippen LogP) is 5.91. The van der Waals surface area contributed by atoms with Gasteiger partial charge in [0.05, 0.1) is 12.1 Å². The summed E-state index contributed by atoms with van der Waals surface area (Å²) in [5, 5.41) is 2.61. The minimum absolute atomic E-state index is 0.234. The van der Waals surface area contributed by atoms with Crippen LogP contribution in [0.4, 0.5) is 28.0 Å². The molecule has 0 saturated carbocycles. The summed E-state index contributed by atoms with van der Waals surface area (Å²) in [5.41, 5.74) is 1.06. The van der Waals surface area contributed by atoms with E-state index in [1.54, 1.807) is 12.1 Å². The molecule has 0 spiro atoms. The first-order valence-corrected chi connectivity index (χ1v) is 9.49. The molecule has 2 aromatic carbocycles. The number of anilines is 1. The Morgan fingerprint density at radius 3 is 2.48 bits per heavy atom. The number of urea groups is 1. The van der Waals surface area contributed by atoms with Crippen LogP contribution in [0.3, 0.4) is 0 Å². The van der Waals surface area contributed by atoms with E-state index in [1.807, 2.05) is 29.0 Å². The van der Waals surface area contributed by atoms with Gasteiger partial charge in [-0.1, -0.05) is 18.2 Å². The maximum atomic E-state index is 13.5. The van der Waals surface area contributed by atoms with Crippen LogP contribution in [0.5, 0.6) is 0 Å². The van der Waals surface area contributed by atoms with Crippen LogP contribution in [0.1, 0.15) is 16.8 Å². The minimum Gasteiger partial charge on any atom is -0.345 e. The molecule has 1 N–H and O–H groups in total. The Kier molecular flexibility index (Phi) is 6.79. The second-order valence-electron chi connectivity index (χ2n) is 6.93. The SMILES string of the molecule is C=CCN(Cc1cccn1Cc1cccc(F)c1)C(=O)Nc1ccc(C(F)(F)F)cc1. The molecular formula is C23H21F4N3O. The van der Waals surface area contributed by atoms with Crippen LogP contribution in [-0.2, 0) is 19.3 Å². The van der Waals surface area contributed by atoms with Crippen LogP contribution in [0.2, 0.25) is 0 Å². The van der Waals surface area contributed by atoms with E-state index in [1.165, 1.54) is 29.2 Å². The second kappa shape index (κ2) is 9.51. The van der Waals surface area contributed by atoms with E-state index >= 15 is 0 Å². The Morgan fingerprint density at radius 2 is 1.84 bits per heavy atom. The Hall–Kier alpha value is -3.55. The van der Waals surface area contributed by atoms with Gasteiger partial charge in [-0.3, -0.25) is 0 Å². The van der Waals surface area contributed by atoms with E-state index in [2.05, 4.69) is 11.9 Å². The van der Waals surface area contributed by atoms with Crippen molar-refractivity contribution >= 4 is 11.7 Å². The summed E-state index contributed by atoms with van der Waals surface area (Å²) >= 11 is 0. The van der Waals surface area contributed by atoms with Gasteiger partial charge in [0.2, 0.25) is 0 Å². The summed E-state index contributed by atoms with van der Waals surface area (Å²) in [6.45, 7) is 4.57. The van der Waals surface area contributed by atoms with E-state index in [9.17, 15) is 22.4 Å². The molecule has 3 rings (SSSR count). The van der Waals surface area contributed by atoms with Crippen molar-refractivity contribution in [2.75, 3.05) is 11.9 Å². The standard InChI is InChI=1S/C23H21F4N3O/c1-2-12-30(22(31)28-20-10-8-18(9-11-20)23(25,26)27)16-21-7-4-13-29(21)15-17-5-3-6-19(24)14-17/h2-11,13-14H,1,12,15-16H2,(H,28,31). The van der Waals surface area contributed by atoms with Crippen molar-refractivity contribution in [3.63, 3.8) is 0 Å². The van der Waals surface area contributed by atoms with E-state index in [4.69, 9.17) is 0 Å². The molecule has 2 amide bonds. The fourth-order valence-corrected chi connectivity index (χ4v) is 3.09. The van der Waals surface area contributed by atoms with Crippen LogP contribution in [-0.4, -0.2) is 22.0 Å². The van der Waals surface area contributed by atoms with Crippen LogP contribution < -0.4 is 5.32 Å². The van der Waals surface area contributed by atoms with E-state index in [-0.39, 0.29) is 24.6 Å². The molecule has 4 nitrogen and oxygen atoms in total. The topological polar surface area (TPSA) is 37.3 Å². The number of benzene rings is 2. The first-order valence-electron chi connectivity index (χ1n) is 9.49. The normalized spacial score (nSPS) is 11.2. The second-order valence-corrected chi connectivity index (χ2v) is 6.93. The van der Waals surface area contributed by atoms with E-state index in [0.29, 0.717) is 6.54 Å². The highest BCUT2D eigenvalue weighted by atomic mass is 19.4. The number of carbonyl (C=O) groups is 1. The van der Waals surface area contributed by atoms with Gasteiger partial charge in [-0.25, -0.2) is 9.18 Å². The molecular weight excluding hydrogens is 410 g/mol. The Bertz CT molecular complexity index is 1040. The molecule has 0 atom stereocenters. The molecule has 3 aromatic rings. The van der Waals surface area contributed by atoms with Crippen molar-refractivity contribution in [1.29, 1.82) is 0 Å². The maximum absolute atomic E-state index is 13.5. The Morgan fingerprint density at radius 1 is 1.10 bits per heavy atom. The number of amides is 2. The van der Waals surface area contributed by atoms with Crippen molar-refractivity contribution in [3.05, 3.63) is 102 Å². The molecule has 1 aromatic heterocycles. The summed E-state index contributed by atoms with van der Waals surface area (Å²) in [7, 11) is 0. The quantitative estimate of drug-likeness (QED) is 0.366. The largest absolute Gasteiger partial charge is 0.416 e. The van der Waals surface area contributed by atoms with Crippen molar-refractivity contribution < 1.29 is 22.4 Å². The molecule has 1 heterocycles. The van der Waals surface area contributed by atoms with Crippen molar-refractivity contribution in [2.45, 2.75) is 19.3 Å². The molecule has 8 heteroatoms. The number of hydrogen-bond donors (Lipinski definition) is 1. The van der Waals surface area contributed by atoms with Gasteiger partial charge in [0, 0.05) is 30.7 Å². The summed E-state index contributed by atoms with van der Waals surface area (Å²) in [6.07, 6.45) is -1.04. The third kappa shape index (κ3) is 5.97. The summed E-state index contributed by atoms with van der Waals surface area (Å²) in [5.74, 6) is -0.324. The number of alkyl halides is 3. The summed E-state index contributed by atoms with van der Waals surface area (Å²) in [6, 6.07) is 13.7. The van der Waals surface area contributed by atoms with Gasteiger partial charge in [0.1, 0.15) is 5.82 Å². The van der Waals surface area contributed by atoms with Crippen molar-refractivity contribution in [2.24, 2.45) is 0 Å². The highest BCUT2D eigenvalue weighted by molar-refractivity contribution is 5.89. The molecule has 0 radical (unpaired) electrons. The summed E-state index contributed by atoms with van der Waals surface area (Å²) < 4.78 is 53.5. The smallest absolute Gasteiger partial charge is 0.345 e. The monoisotopic (exact) mass is 431 g/mol. The van der Waals surface area contributed by atoms with Gasteiger partial charge in [-0.05, 0) is 54.1 Å². The molecule has 162 valence electrons. The van der Waals surface area contributed by atoms with E-state index < -0.39 is 17.8 Å². The first kappa shape index (κ1) is 22.1. The lowest BCUT2D eigenvalue weighted by Gasteiger charge is -2.23. The molecule has 0 aliphatic heterocycles. The predicted molar refractivity (Wildman–Crippen MR) is 111 cm³/mol. The van der Waals surface area contributed by atoms with Crippen molar-refractivity contribution in [3.8, 4) is 0 Å². The Balaban J connectivity index is 1.70. The molecule has 0 saturated heterocycles. The summed E-state index contributed by atoms with van der Waals surface area (Å²) in [4.78, 5) is 14.2. The molecule has 0 fully saturated rings. The lowest BCUT2D eigenvalue weighted by molar-refractivity contribution is -0.137. The fraction of sp³-hybridized carbons (Fsp3) is 0.174. The molecule has 31 heavy (non-hydrogen) atoms. The third-order valence-corrected chi connectivity index (χ3v) is 4.62. The van der Waals surface area contributed by atoms with Gasteiger partial charge in [-0.2, -0.15) is 13.2 Å². The third-order valence-electron chi connectivity index (χ3n) is 4.62. The fourth-order valence-electron chi connectivity index (χ4n) is 3.09. The molecule has 0 bridgehead atoms. The van der Waals surface area contributed by atoms with Gasteiger partial charge >= 0.3 is 12.2 Å². The highest BCUT2D eigenvalue weighted by Gasteiger charge is 2.30. The molecule has 0 aliphatic carbocycles. The first-order chi connectivity index (χ1) is 14.8. The van der Waals surface area contributed by atoms with Gasteiger partial charge < -0.3 is 14.8 Å². The molecule has 0 aliphatic rings. The lowest BCUT2D eigenvalue weighted by Crippen LogP contribution is -2.35. The number of nitrogens with zero attached hydrogens (tertiary/aromatic N) is 2. The number of aromatic nitrogens is 1. The number of nitrogens with one attached hydrogen (secondary N) is 1. The average Bonchev–Trinajstić information content (AvgIpc) is 3.14. The number of rotatable bonds is 7. The van der Waals surface area contributed by atoms with Crippen LogP contribution in [0.15, 0.2) is 79.5 Å². The minimum atomic E-state index is -4.44. The zero-order valence-corrected chi connectivity index (χ0v) is 16.6. The van der Waals surface area contributed by atoms with Gasteiger partial charge in [0.25, 0.3) is 0 Å². The Labute approximate surface area is 177 Å². The number of hydrogen-bond acceptors (Lipinski definition) is 1. The highest BCUT2D eigenvalue weighted by Crippen LogP contribution is 2.29. The van der Waals surface area contributed by atoms with Crippen LogP contribution in [0, 0.1) is 5.82 Å². The average molecular weight is 431 g/mol. The maximum Gasteiger partial charge on any atom is 0.416 e. The van der Waals surface area contributed by atoms with Crippen LogP contribution >= 0.6 is 0 Å². The molecule has 0 unspecified atom stereocenters.